The topological polar surface area (TPSA) is 78.4 Å². The van der Waals surface area contributed by atoms with Crippen molar-refractivity contribution in [1.29, 1.82) is 0 Å². The van der Waals surface area contributed by atoms with E-state index in [0.717, 1.165) is 43.7 Å². The summed E-state index contributed by atoms with van der Waals surface area (Å²) in [6.45, 7) is 28.0. The number of aromatic nitrogens is 2. The molecule has 0 bridgehead atoms. The predicted molar refractivity (Wildman–Crippen MR) is 261 cm³/mol. The Hall–Kier alpha value is -0.870. The van der Waals surface area contributed by atoms with Crippen LogP contribution in [0.15, 0.2) is 51.4 Å². The first-order chi connectivity index (χ1) is 23.8. The lowest BCUT2D eigenvalue weighted by atomic mass is 10.0. The fraction of sp³-hybridized carbons (Fsp3) is 0.628. The van der Waals surface area contributed by atoms with Gasteiger partial charge in [0.15, 0.2) is 16.3 Å². The second kappa shape index (κ2) is 32.9. The molecule has 0 radical (unpaired) electrons. The zero-order valence-electron chi connectivity index (χ0n) is 34.4. The van der Waals surface area contributed by atoms with Gasteiger partial charge in [-0.05, 0) is 107 Å². The summed E-state index contributed by atoms with van der Waals surface area (Å²) < 4.78 is 34.7. The summed E-state index contributed by atoms with van der Waals surface area (Å²) in [5, 5.41) is 10.6. The van der Waals surface area contributed by atoms with E-state index in [1.165, 1.54) is 5.56 Å². The number of benzene rings is 2. The van der Waals surface area contributed by atoms with Crippen molar-refractivity contribution in [3.8, 4) is 0 Å². The number of allylic oxidation sites excluding steroid dienone is 1. The largest absolute Gasteiger partial charge is 0.332 e. The molecule has 3 aromatic rings. The van der Waals surface area contributed by atoms with Gasteiger partial charge in [0.05, 0.1) is 10.1 Å². The molecule has 330 valence electrons. The second-order valence-electron chi connectivity index (χ2n) is 13.9. The molecule has 0 aliphatic rings. The first kappa shape index (κ1) is 66.9. The van der Waals surface area contributed by atoms with E-state index in [0.29, 0.717) is 32.8 Å². The Morgan fingerprint density at radius 3 is 1.46 bits per heavy atom. The SMILES string of the molecule is C.C.C.C.CC(C)c1ccccc1Cl.CC(CC(C)C)=C(Cl)Cl.COP(=S)(OC)C(C)C.Cc1cc(C)c(S(=O)(=O)C(C)C)c(C)c1.Cc1nnc(C(C)C)s1. The van der Waals surface area contributed by atoms with Crippen molar-refractivity contribution in [1.82, 2.24) is 10.2 Å². The third-order valence-corrected chi connectivity index (χ3v) is 16.3. The predicted octanol–water partition coefficient (Wildman–Crippen LogP) is 16.5. The maximum Gasteiger partial charge on any atom is 0.190 e. The first-order valence-electron chi connectivity index (χ1n) is 17.4. The van der Waals surface area contributed by atoms with Gasteiger partial charge in [-0.2, -0.15) is 0 Å². The van der Waals surface area contributed by atoms with Gasteiger partial charge in [0, 0.05) is 30.8 Å². The van der Waals surface area contributed by atoms with Crippen LogP contribution in [0.5, 0.6) is 0 Å². The molecular formula is C43H80Cl3N2O4PS3. The van der Waals surface area contributed by atoms with Crippen LogP contribution in [0.3, 0.4) is 0 Å². The van der Waals surface area contributed by atoms with Crippen molar-refractivity contribution in [2.24, 2.45) is 5.92 Å². The standard InChI is InChI=1S/C12H18O2S.C9H11Cl.C7H12Cl2.C6H10N2S.C5H13O2PS.4CH4/c1-8(2)15(13,14)12-10(4)6-9(3)7-11(12)5;1-7(2)8-5-3-4-6-9(8)10;1-5(2)4-6(3)7(8)9;1-4(2)6-8-7-5(3)9-6;1-5(2)8(9,6-3)7-4;;;;/h6-8H,1-5H3;3-7H,1-2H3;5H,4H2,1-3H3;4H,1-3H3;5H,1-4H3;4*1H4. The lowest BCUT2D eigenvalue weighted by Crippen LogP contribution is -2.16. The van der Waals surface area contributed by atoms with E-state index in [4.69, 9.17) is 55.7 Å². The monoisotopic (exact) mass is 920 g/mol. The average molecular weight is 923 g/mol. The van der Waals surface area contributed by atoms with Gasteiger partial charge in [0.2, 0.25) is 0 Å². The molecule has 0 unspecified atom stereocenters. The van der Waals surface area contributed by atoms with E-state index >= 15 is 0 Å². The quantitative estimate of drug-likeness (QED) is 0.198. The van der Waals surface area contributed by atoms with E-state index in [1.807, 2.05) is 78.8 Å². The summed E-state index contributed by atoms with van der Waals surface area (Å²) >= 11 is 23.7. The van der Waals surface area contributed by atoms with Crippen molar-refractivity contribution in [2.75, 3.05) is 14.2 Å². The molecule has 1 aromatic heterocycles. The van der Waals surface area contributed by atoms with Gasteiger partial charge in [-0.15, -0.1) is 21.5 Å². The van der Waals surface area contributed by atoms with E-state index < -0.39 is 16.3 Å². The summed E-state index contributed by atoms with van der Waals surface area (Å²) in [5.41, 5.74) is 5.41. The van der Waals surface area contributed by atoms with Gasteiger partial charge >= 0.3 is 0 Å². The van der Waals surface area contributed by atoms with E-state index in [-0.39, 0.29) is 35.0 Å². The maximum absolute atomic E-state index is 12.1. The van der Waals surface area contributed by atoms with E-state index in [2.05, 4.69) is 57.8 Å². The summed E-state index contributed by atoms with van der Waals surface area (Å²) in [5.74, 6) is 1.68. The van der Waals surface area contributed by atoms with Crippen LogP contribution in [0, 0.1) is 33.6 Å². The van der Waals surface area contributed by atoms with Crippen LogP contribution in [0.2, 0.25) is 5.02 Å². The molecule has 0 aliphatic carbocycles. The normalized spacial score (nSPS) is 10.4. The fourth-order valence-electron chi connectivity index (χ4n) is 4.53. The molecule has 0 atom stereocenters. The Kier molecular flexibility index (Phi) is 39.3. The lowest BCUT2D eigenvalue weighted by Gasteiger charge is -2.20. The molecule has 13 heteroatoms. The molecule has 0 saturated heterocycles. The Morgan fingerprint density at radius 2 is 1.25 bits per heavy atom. The lowest BCUT2D eigenvalue weighted by molar-refractivity contribution is 0.331. The summed E-state index contributed by atoms with van der Waals surface area (Å²) in [7, 11) is 0.0479. The zero-order valence-corrected chi connectivity index (χ0v) is 40.0. The van der Waals surface area contributed by atoms with Crippen LogP contribution in [0.4, 0.5) is 0 Å². The summed E-state index contributed by atoms with van der Waals surface area (Å²) in [6, 6.07) is 11.8. The zero-order chi connectivity index (χ0) is 41.1. The number of rotatable bonds is 9. The van der Waals surface area contributed by atoms with Gasteiger partial charge in [0.25, 0.3) is 0 Å². The molecule has 0 fully saturated rings. The number of hydrogen-bond acceptors (Lipinski definition) is 8. The molecule has 0 aliphatic heterocycles. The molecule has 1 heterocycles. The van der Waals surface area contributed by atoms with Crippen molar-refractivity contribution in [2.45, 2.75) is 168 Å². The third kappa shape index (κ3) is 25.6. The van der Waals surface area contributed by atoms with Crippen LogP contribution in [-0.4, -0.2) is 43.7 Å². The minimum absolute atomic E-state index is 0. The smallest absolute Gasteiger partial charge is 0.190 e. The van der Waals surface area contributed by atoms with Crippen molar-refractivity contribution in [3.63, 3.8) is 0 Å². The number of sulfone groups is 1. The van der Waals surface area contributed by atoms with Crippen molar-refractivity contribution >= 4 is 74.3 Å². The minimum atomic E-state index is -3.15. The third-order valence-electron chi connectivity index (χ3n) is 7.25. The number of aryl methyl sites for hydroxylation is 4. The highest BCUT2D eigenvalue weighted by Crippen LogP contribution is 2.51. The highest BCUT2D eigenvalue weighted by molar-refractivity contribution is 8.10. The number of nitrogens with zero attached hydrogens (tertiary/aromatic N) is 2. The fourth-order valence-corrected chi connectivity index (χ4v) is 8.21. The van der Waals surface area contributed by atoms with Gasteiger partial charge in [-0.1, -0.05) is 156 Å². The van der Waals surface area contributed by atoms with Gasteiger partial charge in [-0.25, -0.2) is 8.42 Å². The molecule has 0 amide bonds. The van der Waals surface area contributed by atoms with Crippen molar-refractivity contribution in [3.05, 3.63) is 83.8 Å². The molecule has 0 spiro atoms. The van der Waals surface area contributed by atoms with Crippen LogP contribution >= 0.6 is 52.6 Å². The Morgan fingerprint density at radius 1 is 0.804 bits per heavy atom. The molecular weight excluding hydrogens is 842 g/mol. The Labute approximate surface area is 371 Å². The molecule has 2 aromatic carbocycles. The van der Waals surface area contributed by atoms with Crippen LogP contribution in [-0.2, 0) is 30.7 Å². The molecule has 56 heavy (non-hydrogen) atoms. The highest BCUT2D eigenvalue weighted by Gasteiger charge is 2.23. The summed E-state index contributed by atoms with van der Waals surface area (Å²) in [4.78, 5) is 0.503. The minimum Gasteiger partial charge on any atom is -0.332 e. The van der Waals surface area contributed by atoms with Gasteiger partial charge in [0.1, 0.15) is 14.5 Å². The highest BCUT2D eigenvalue weighted by atomic mass is 35.5. The Bertz CT molecular complexity index is 1640. The Balaban J connectivity index is -0.000000139. The van der Waals surface area contributed by atoms with E-state index in [9.17, 15) is 8.42 Å². The first-order valence-corrected chi connectivity index (χ1v) is 23.6. The maximum atomic E-state index is 12.1. The average Bonchev–Trinajstić information content (AvgIpc) is 3.47. The molecule has 6 nitrogen and oxygen atoms in total. The molecule has 3 rings (SSSR count). The molecule has 0 saturated carbocycles. The van der Waals surface area contributed by atoms with Crippen molar-refractivity contribution < 1.29 is 17.5 Å². The van der Waals surface area contributed by atoms with Gasteiger partial charge < -0.3 is 9.05 Å². The molecule has 0 N–H and O–H groups in total. The van der Waals surface area contributed by atoms with Crippen LogP contribution < -0.4 is 0 Å². The van der Waals surface area contributed by atoms with Crippen LogP contribution in [0.1, 0.15) is 156 Å². The van der Waals surface area contributed by atoms with Crippen LogP contribution in [0.25, 0.3) is 0 Å². The number of hydrogen-bond donors (Lipinski definition) is 0. The van der Waals surface area contributed by atoms with Gasteiger partial charge in [-0.3, -0.25) is 0 Å². The number of halogens is 3. The van der Waals surface area contributed by atoms with E-state index in [1.54, 1.807) is 39.4 Å². The second-order valence-corrected chi connectivity index (χ2v) is 23.3. The summed E-state index contributed by atoms with van der Waals surface area (Å²) in [6.07, 6.45) is 0.988.